The van der Waals surface area contributed by atoms with Gasteiger partial charge in [0, 0.05) is 36.1 Å². The molecule has 4 aromatic rings. The number of fused-ring (bicyclic) bond motifs is 1. The fourth-order valence-electron chi connectivity index (χ4n) is 4.10. The van der Waals surface area contributed by atoms with Gasteiger partial charge in [-0.05, 0) is 55.3 Å². The van der Waals surface area contributed by atoms with Gasteiger partial charge in [0.1, 0.15) is 11.3 Å². The first-order valence-corrected chi connectivity index (χ1v) is 10.5. The van der Waals surface area contributed by atoms with E-state index in [1.807, 2.05) is 6.07 Å². The number of rotatable bonds is 5. The predicted octanol–water partition coefficient (Wildman–Crippen LogP) is 5.42. The number of nitrogens with zero attached hydrogens (tertiary/aromatic N) is 3. The number of pyridine rings is 1. The molecule has 162 valence electrons. The van der Waals surface area contributed by atoms with Crippen LogP contribution in [-0.2, 0) is 0 Å². The van der Waals surface area contributed by atoms with E-state index >= 15 is 0 Å². The number of benzene rings is 2. The van der Waals surface area contributed by atoms with Gasteiger partial charge in [0.05, 0.1) is 23.0 Å². The second kappa shape index (κ2) is 8.37. The first-order valence-electron chi connectivity index (χ1n) is 10.5. The molecule has 0 saturated carbocycles. The quantitative estimate of drug-likeness (QED) is 0.441. The molecule has 1 aliphatic heterocycles. The summed E-state index contributed by atoms with van der Waals surface area (Å²) in [6.45, 7) is 1.75. The minimum Gasteiger partial charge on any atom is -0.372 e. The van der Waals surface area contributed by atoms with Crippen LogP contribution in [0.1, 0.15) is 35.2 Å². The van der Waals surface area contributed by atoms with Crippen molar-refractivity contribution in [1.29, 1.82) is 0 Å². The van der Waals surface area contributed by atoms with Crippen LogP contribution in [0.2, 0.25) is 0 Å². The summed E-state index contributed by atoms with van der Waals surface area (Å²) >= 11 is 0. The van der Waals surface area contributed by atoms with Crippen LogP contribution < -0.4 is 10.2 Å². The molecule has 2 N–H and O–H groups in total. The van der Waals surface area contributed by atoms with E-state index in [0.717, 1.165) is 31.6 Å². The Labute approximate surface area is 183 Å². The van der Waals surface area contributed by atoms with Crippen LogP contribution in [0.15, 0.2) is 60.9 Å². The van der Waals surface area contributed by atoms with Crippen molar-refractivity contribution in [3.8, 4) is 11.4 Å². The van der Waals surface area contributed by atoms with E-state index in [1.165, 1.54) is 0 Å². The van der Waals surface area contributed by atoms with Crippen molar-refractivity contribution in [2.45, 2.75) is 19.3 Å². The molecule has 0 atom stereocenters. The first-order chi connectivity index (χ1) is 15.6. The number of aromatic amines is 1. The number of carbonyl (C=O) groups excluding carboxylic acids is 1. The van der Waals surface area contributed by atoms with E-state index in [2.05, 4.69) is 25.2 Å². The molecule has 0 radical (unpaired) electrons. The maximum absolute atomic E-state index is 14.0. The summed E-state index contributed by atoms with van der Waals surface area (Å²) in [7, 11) is 0. The van der Waals surface area contributed by atoms with Gasteiger partial charge in [-0.3, -0.25) is 9.78 Å². The Balaban J connectivity index is 1.53. The van der Waals surface area contributed by atoms with Gasteiger partial charge >= 0.3 is 0 Å². The molecule has 2 aromatic carbocycles. The van der Waals surface area contributed by atoms with Gasteiger partial charge in [-0.2, -0.15) is 0 Å². The molecule has 6 nitrogen and oxygen atoms in total. The summed E-state index contributed by atoms with van der Waals surface area (Å²) in [6.07, 6.45) is 2.66. The van der Waals surface area contributed by atoms with Crippen LogP contribution in [0.25, 0.3) is 22.4 Å². The van der Waals surface area contributed by atoms with Gasteiger partial charge in [0.15, 0.2) is 0 Å². The number of amides is 1. The van der Waals surface area contributed by atoms with E-state index in [0.29, 0.717) is 33.7 Å². The highest BCUT2D eigenvalue weighted by molar-refractivity contribution is 6.11. The van der Waals surface area contributed by atoms with Crippen LogP contribution in [0.5, 0.6) is 0 Å². The minimum absolute atomic E-state index is 0.0742. The second-order valence-corrected chi connectivity index (χ2v) is 7.75. The Morgan fingerprint density at radius 3 is 2.69 bits per heavy atom. The number of carbonyl (C=O) groups is 1. The average molecular weight is 433 g/mol. The fraction of sp³-hybridized carbons (Fsp3) is 0.208. The summed E-state index contributed by atoms with van der Waals surface area (Å²) in [6, 6.07) is 13.7. The zero-order valence-corrected chi connectivity index (χ0v) is 17.2. The Bertz CT molecular complexity index is 1270. The SMILES string of the molecule is O=C(Nc1cccnc1)c1cccc2[nH]c(-c3ccc(N4CCCC4)cc3C(F)F)nc12. The average Bonchev–Trinajstić information content (AvgIpc) is 3.49. The summed E-state index contributed by atoms with van der Waals surface area (Å²) in [5, 5.41) is 2.79. The summed E-state index contributed by atoms with van der Waals surface area (Å²) in [4.78, 5) is 26.6. The Kier molecular flexibility index (Phi) is 5.26. The van der Waals surface area contributed by atoms with E-state index in [-0.39, 0.29) is 11.5 Å². The molecular formula is C24H21F2N5O. The van der Waals surface area contributed by atoms with Crippen molar-refractivity contribution < 1.29 is 13.6 Å². The van der Waals surface area contributed by atoms with Crippen molar-refractivity contribution in [2.75, 3.05) is 23.3 Å². The number of hydrogen-bond acceptors (Lipinski definition) is 4. The third kappa shape index (κ3) is 3.79. The van der Waals surface area contributed by atoms with Gasteiger partial charge in [0.2, 0.25) is 0 Å². The Hall–Kier alpha value is -3.81. The molecule has 0 bridgehead atoms. The molecule has 0 unspecified atom stereocenters. The topological polar surface area (TPSA) is 73.9 Å². The van der Waals surface area contributed by atoms with Crippen LogP contribution in [0.4, 0.5) is 20.2 Å². The minimum atomic E-state index is -2.64. The standard InChI is InChI=1S/C24H21F2N5O/c25-22(26)19-13-16(31-11-1-2-12-31)8-9-17(19)23-29-20-7-3-6-18(21(20)30-23)24(32)28-15-5-4-10-27-14-15/h3-10,13-14,22H,1-2,11-12H2,(H,28,32)(H,29,30). The molecule has 5 rings (SSSR count). The maximum Gasteiger partial charge on any atom is 0.264 e. The highest BCUT2D eigenvalue weighted by Crippen LogP contribution is 2.35. The van der Waals surface area contributed by atoms with Crippen molar-refractivity contribution in [1.82, 2.24) is 15.0 Å². The van der Waals surface area contributed by atoms with Crippen molar-refractivity contribution in [3.05, 3.63) is 72.1 Å². The monoisotopic (exact) mass is 433 g/mol. The number of aromatic nitrogens is 3. The predicted molar refractivity (Wildman–Crippen MR) is 120 cm³/mol. The number of imidazole rings is 1. The molecule has 8 heteroatoms. The van der Waals surface area contributed by atoms with Gasteiger partial charge < -0.3 is 15.2 Å². The lowest BCUT2D eigenvalue weighted by Crippen LogP contribution is -2.17. The molecule has 3 heterocycles. The lowest BCUT2D eigenvalue weighted by atomic mass is 10.1. The molecule has 0 spiro atoms. The number of alkyl halides is 2. The van der Waals surface area contributed by atoms with Crippen LogP contribution in [0.3, 0.4) is 0 Å². The largest absolute Gasteiger partial charge is 0.372 e. The van der Waals surface area contributed by atoms with E-state index in [4.69, 9.17) is 0 Å². The zero-order valence-electron chi connectivity index (χ0n) is 17.2. The number of para-hydroxylation sites is 1. The fourth-order valence-corrected chi connectivity index (χ4v) is 4.10. The summed E-state index contributed by atoms with van der Waals surface area (Å²) < 4.78 is 27.9. The number of H-pyrrole nitrogens is 1. The van der Waals surface area contributed by atoms with Crippen molar-refractivity contribution >= 4 is 28.3 Å². The third-order valence-electron chi connectivity index (χ3n) is 5.67. The van der Waals surface area contributed by atoms with Gasteiger partial charge in [-0.1, -0.05) is 6.07 Å². The molecule has 32 heavy (non-hydrogen) atoms. The van der Waals surface area contributed by atoms with Crippen LogP contribution in [-0.4, -0.2) is 33.9 Å². The van der Waals surface area contributed by atoms with Gasteiger partial charge in [0.25, 0.3) is 12.3 Å². The summed E-state index contributed by atoms with van der Waals surface area (Å²) in [5.41, 5.74) is 2.99. The smallest absolute Gasteiger partial charge is 0.264 e. The molecule has 2 aromatic heterocycles. The Morgan fingerprint density at radius 2 is 1.94 bits per heavy atom. The number of halogens is 2. The first kappa shape index (κ1) is 20.1. The van der Waals surface area contributed by atoms with E-state index < -0.39 is 6.43 Å². The van der Waals surface area contributed by atoms with E-state index in [9.17, 15) is 13.6 Å². The van der Waals surface area contributed by atoms with Gasteiger partial charge in [-0.25, -0.2) is 13.8 Å². The van der Waals surface area contributed by atoms with E-state index in [1.54, 1.807) is 54.9 Å². The highest BCUT2D eigenvalue weighted by atomic mass is 19.3. The normalized spacial score (nSPS) is 13.8. The molecule has 1 aliphatic rings. The zero-order chi connectivity index (χ0) is 22.1. The Morgan fingerprint density at radius 1 is 1.09 bits per heavy atom. The lowest BCUT2D eigenvalue weighted by molar-refractivity contribution is 0.102. The number of hydrogen-bond donors (Lipinski definition) is 2. The molecule has 1 fully saturated rings. The van der Waals surface area contributed by atoms with Crippen LogP contribution >= 0.6 is 0 Å². The maximum atomic E-state index is 14.0. The molecular weight excluding hydrogens is 412 g/mol. The molecule has 1 amide bonds. The second-order valence-electron chi connectivity index (χ2n) is 7.75. The molecule has 1 saturated heterocycles. The van der Waals surface area contributed by atoms with Crippen molar-refractivity contribution in [2.24, 2.45) is 0 Å². The van der Waals surface area contributed by atoms with Crippen LogP contribution in [0, 0.1) is 0 Å². The third-order valence-corrected chi connectivity index (χ3v) is 5.67. The summed E-state index contributed by atoms with van der Waals surface area (Å²) in [5.74, 6) is -0.0370. The lowest BCUT2D eigenvalue weighted by Gasteiger charge is -2.19. The molecule has 0 aliphatic carbocycles. The van der Waals surface area contributed by atoms with Crippen molar-refractivity contribution in [3.63, 3.8) is 0 Å². The highest BCUT2D eigenvalue weighted by Gasteiger charge is 2.22. The van der Waals surface area contributed by atoms with Gasteiger partial charge in [-0.15, -0.1) is 0 Å². The number of anilines is 2. The number of nitrogens with one attached hydrogen (secondary N) is 2.